The molecule has 0 aromatic heterocycles. The Labute approximate surface area is 119 Å². The van der Waals surface area contributed by atoms with Crippen LogP contribution in [0.2, 0.25) is 0 Å². The van der Waals surface area contributed by atoms with Gasteiger partial charge in [0.25, 0.3) is 0 Å². The third-order valence-electron chi connectivity index (χ3n) is 3.01. The van der Waals surface area contributed by atoms with Gasteiger partial charge in [-0.1, -0.05) is 38.1 Å². The van der Waals surface area contributed by atoms with Gasteiger partial charge in [0.05, 0.1) is 18.8 Å². The third kappa shape index (κ3) is 2.93. The van der Waals surface area contributed by atoms with E-state index in [0.29, 0.717) is 30.3 Å². The summed E-state index contributed by atoms with van der Waals surface area (Å²) in [7, 11) is 0. The van der Waals surface area contributed by atoms with Gasteiger partial charge in [0.2, 0.25) is 0 Å². The molecule has 0 aliphatic rings. The van der Waals surface area contributed by atoms with Crippen LogP contribution in [-0.4, -0.2) is 19.5 Å². The topological polar surface area (TPSA) is 35.5 Å². The second-order valence-corrected chi connectivity index (χ2v) is 4.66. The second-order valence-electron chi connectivity index (χ2n) is 4.66. The molecule has 0 aliphatic carbocycles. The van der Waals surface area contributed by atoms with Crippen molar-refractivity contribution in [2.45, 2.75) is 26.7 Å². The van der Waals surface area contributed by atoms with E-state index >= 15 is 0 Å². The average Bonchev–Trinajstić information content (AvgIpc) is 2.50. The monoisotopic (exact) mass is 272 g/mol. The minimum absolute atomic E-state index is 0.545. The van der Waals surface area contributed by atoms with E-state index in [-0.39, 0.29) is 0 Å². The molecule has 0 aliphatic heterocycles. The number of aldehydes is 1. The van der Waals surface area contributed by atoms with Crippen molar-refractivity contribution >= 4 is 17.1 Å². The van der Waals surface area contributed by atoms with Crippen LogP contribution < -0.4 is 9.47 Å². The van der Waals surface area contributed by atoms with Crippen LogP contribution in [0, 0.1) is 0 Å². The summed E-state index contributed by atoms with van der Waals surface area (Å²) in [5, 5.41) is 1.97. The van der Waals surface area contributed by atoms with E-state index in [1.54, 1.807) is 0 Å². The van der Waals surface area contributed by atoms with Gasteiger partial charge in [0.1, 0.15) is 0 Å². The molecule has 0 amide bonds. The molecule has 3 heteroatoms. The summed E-state index contributed by atoms with van der Waals surface area (Å²) < 4.78 is 11.6. The molecule has 0 bridgehead atoms. The summed E-state index contributed by atoms with van der Waals surface area (Å²) in [6.07, 6.45) is 2.63. The molecule has 0 heterocycles. The zero-order valence-electron chi connectivity index (χ0n) is 12.0. The zero-order chi connectivity index (χ0) is 14.4. The highest BCUT2D eigenvalue weighted by molar-refractivity contribution is 5.97. The van der Waals surface area contributed by atoms with Crippen molar-refractivity contribution in [3.8, 4) is 11.5 Å². The summed E-state index contributed by atoms with van der Waals surface area (Å²) in [6.45, 7) is 5.27. The van der Waals surface area contributed by atoms with Gasteiger partial charge in [-0.05, 0) is 24.3 Å². The van der Waals surface area contributed by atoms with Gasteiger partial charge in [0, 0.05) is 5.39 Å². The number of fused-ring (bicyclic) bond motifs is 1. The first kappa shape index (κ1) is 14.4. The van der Waals surface area contributed by atoms with Crippen LogP contribution >= 0.6 is 0 Å². The van der Waals surface area contributed by atoms with Gasteiger partial charge in [-0.2, -0.15) is 0 Å². The number of carbonyl (C=O) groups excluding carboxylic acids is 1. The van der Waals surface area contributed by atoms with Gasteiger partial charge in [0.15, 0.2) is 17.8 Å². The summed E-state index contributed by atoms with van der Waals surface area (Å²) in [4.78, 5) is 11.3. The van der Waals surface area contributed by atoms with Crippen LogP contribution in [0.4, 0.5) is 0 Å². The van der Waals surface area contributed by atoms with Crippen molar-refractivity contribution in [1.82, 2.24) is 0 Å². The van der Waals surface area contributed by atoms with Crippen LogP contribution in [-0.2, 0) is 0 Å². The minimum atomic E-state index is 0.545. The molecule has 2 rings (SSSR count). The number of rotatable bonds is 7. The van der Waals surface area contributed by atoms with E-state index in [1.165, 1.54) is 0 Å². The summed E-state index contributed by atoms with van der Waals surface area (Å²) in [6, 6.07) is 9.74. The Hall–Kier alpha value is -2.03. The minimum Gasteiger partial charge on any atom is -0.489 e. The van der Waals surface area contributed by atoms with Crippen LogP contribution in [0.1, 0.15) is 37.0 Å². The molecule has 3 nitrogen and oxygen atoms in total. The third-order valence-corrected chi connectivity index (χ3v) is 3.01. The van der Waals surface area contributed by atoms with Crippen molar-refractivity contribution < 1.29 is 14.3 Å². The first-order valence-corrected chi connectivity index (χ1v) is 7.08. The normalized spacial score (nSPS) is 10.5. The molecule has 2 aromatic rings. The van der Waals surface area contributed by atoms with E-state index in [1.807, 2.05) is 37.3 Å². The number of benzene rings is 2. The molecule has 0 radical (unpaired) electrons. The fraction of sp³-hybridized carbons (Fsp3) is 0.353. The highest BCUT2D eigenvalue weighted by atomic mass is 16.5. The largest absolute Gasteiger partial charge is 0.489 e. The quantitative estimate of drug-likeness (QED) is 0.707. The van der Waals surface area contributed by atoms with Crippen molar-refractivity contribution in [1.29, 1.82) is 0 Å². The van der Waals surface area contributed by atoms with Crippen LogP contribution in [0.5, 0.6) is 11.5 Å². The maximum Gasteiger partial charge on any atom is 0.172 e. The van der Waals surface area contributed by atoms with Crippen LogP contribution in [0.3, 0.4) is 0 Å². The number of hydrogen-bond acceptors (Lipinski definition) is 3. The van der Waals surface area contributed by atoms with Crippen LogP contribution in [0.25, 0.3) is 10.8 Å². The number of carbonyl (C=O) groups is 1. The molecule has 0 saturated carbocycles. The Kier molecular flexibility index (Phi) is 4.99. The van der Waals surface area contributed by atoms with E-state index in [0.717, 1.165) is 29.9 Å². The highest BCUT2D eigenvalue weighted by Gasteiger charge is 2.15. The second kappa shape index (κ2) is 6.94. The van der Waals surface area contributed by atoms with Crippen molar-refractivity contribution in [3.63, 3.8) is 0 Å². The lowest BCUT2D eigenvalue weighted by atomic mass is 10.0. The van der Waals surface area contributed by atoms with Crippen molar-refractivity contribution in [2.24, 2.45) is 0 Å². The molecule has 0 N–H and O–H groups in total. The van der Waals surface area contributed by atoms with Gasteiger partial charge < -0.3 is 9.47 Å². The molecule has 0 fully saturated rings. The zero-order valence-corrected chi connectivity index (χ0v) is 12.0. The maximum atomic E-state index is 11.3. The van der Waals surface area contributed by atoms with E-state index in [9.17, 15) is 4.79 Å². The van der Waals surface area contributed by atoms with Crippen molar-refractivity contribution in [3.05, 3.63) is 35.9 Å². The van der Waals surface area contributed by atoms with E-state index < -0.39 is 0 Å². The Bertz CT molecular complexity index is 590. The smallest absolute Gasteiger partial charge is 0.172 e. The highest BCUT2D eigenvalue weighted by Crippen LogP contribution is 2.38. The first-order valence-electron chi connectivity index (χ1n) is 7.08. The average molecular weight is 272 g/mol. The Morgan fingerprint density at radius 2 is 1.65 bits per heavy atom. The van der Waals surface area contributed by atoms with Crippen molar-refractivity contribution in [2.75, 3.05) is 13.2 Å². The fourth-order valence-corrected chi connectivity index (χ4v) is 2.10. The standard InChI is InChI=1S/C17H20O3/c1-3-9-19-16-14(12-18)11-13-7-5-6-8-15(13)17(16)20-10-4-2/h5-8,11-12H,3-4,9-10H2,1-2H3. The molecule has 20 heavy (non-hydrogen) atoms. The molecule has 2 aromatic carbocycles. The predicted molar refractivity (Wildman–Crippen MR) is 80.9 cm³/mol. The SMILES string of the molecule is CCCOc1c(C=O)cc2ccccc2c1OCCC. The molecular formula is C17H20O3. The lowest BCUT2D eigenvalue weighted by molar-refractivity contribution is 0.111. The molecule has 0 saturated heterocycles. The van der Waals surface area contributed by atoms with Gasteiger partial charge in [-0.15, -0.1) is 0 Å². The van der Waals surface area contributed by atoms with Gasteiger partial charge in [-0.3, -0.25) is 4.79 Å². The molecule has 0 unspecified atom stereocenters. The maximum absolute atomic E-state index is 11.3. The van der Waals surface area contributed by atoms with Crippen LogP contribution in [0.15, 0.2) is 30.3 Å². The number of hydrogen-bond donors (Lipinski definition) is 0. The molecule has 0 atom stereocenters. The Morgan fingerprint density at radius 3 is 2.30 bits per heavy atom. The molecule has 106 valence electrons. The summed E-state index contributed by atoms with van der Waals surface area (Å²) in [5.74, 6) is 1.24. The van der Waals surface area contributed by atoms with E-state index in [2.05, 4.69) is 6.92 Å². The summed E-state index contributed by atoms with van der Waals surface area (Å²) >= 11 is 0. The summed E-state index contributed by atoms with van der Waals surface area (Å²) in [5.41, 5.74) is 0.545. The molecular weight excluding hydrogens is 252 g/mol. The Morgan fingerprint density at radius 1 is 1.00 bits per heavy atom. The lowest BCUT2D eigenvalue weighted by Gasteiger charge is -2.16. The number of ether oxygens (including phenoxy) is 2. The van der Waals surface area contributed by atoms with E-state index in [4.69, 9.17) is 9.47 Å². The Balaban J connectivity index is 2.59. The van der Waals surface area contributed by atoms with Gasteiger partial charge >= 0.3 is 0 Å². The lowest BCUT2D eigenvalue weighted by Crippen LogP contribution is -2.04. The predicted octanol–water partition coefficient (Wildman–Crippen LogP) is 4.23. The molecule has 0 spiro atoms. The first-order chi connectivity index (χ1) is 9.81. The fourth-order valence-electron chi connectivity index (χ4n) is 2.10. The van der Waals surface area contributed by atoms with Gasteiger partial charge in [-0.25, -0.2) is 0 Å².